The van der Waals surface area contributed by atoms with Crippen LogP contribution < -0.4 is 10.6 Å². The highest BCUT2D eigenvalue weighted by molar-refractivity contribution is 5.97. The van der Waals surface area contributed by atoms with Crippen molar-refractivity contribution in [3.63, 3.8) is 0 Å². The maximum Gasteiger partial charge on any atom is 0.305 e. The molecule has 0 spiro atoms. The van der Waals surface area contributed by atoms with E-state index in [9.17, 15) is 9.59 Å². The number of carboxylic acid groups (broad SMARTS) is 1. The van der Waals surface area contributed by atoms with Crippen LogP contribution in [0.25, 0.3) is 0 Å². The number of hydrogen-bond donors (Lipinski definition) is 3. The molecule has 0 atom stereocenters. The second-order valence-electron chi connectivity index (χ2n) is 3.38. The Kier molecular flexibility index (Phi) is 8.11. The Balaban J connectivity index is 4.04. The zero-order valence-electron chi connectivity index (χ0n) is 9.82. The van der Waals surface area contributed by atoms with Gasteiger partial charge in [0, 0.05) is 19.3 Å². The minimum atomic E-state index is -0.934. The van der Waals surface area contributed by atoms with Gasteiger partial charge in [0.25, 0.3) is 5.91 Å². The summed E-state index contributed by atoms with van der Waals surface area (Å²) in [7, 11) is 0. The van der Waals surface area contributed by atoms with E-state index >= 15 is 0 Å². The van der Waals surface area contributed by atoms with Crippen LogP contribution in [0, 0.1) is 11.3 Å². The van der Waals surface area contributed by atoms with Gasteiger partial charge >= 0.3 is 5.97 Å². The van der Waals surface area contributed by atoms with Crippen LogP contribution in [0.3, 0.4) is 0 Å². The zero-order valence-corrected chi connectivity index (χ0v) is 9.82. The Labute approximate surface area is 100 Å². The van der Waals surface area contributed by atoms with E-state index in [0.717, 1.165) is 12.8 Å². The molecule has 6 heteroatoms. The molecule has 1 amide bonds. The van der Waals surface area contributed by atoms with Gasteiger partial charge in [-0.3, -0.25) is 9.59 Å². The summed E-state index contributed by atoms with van der Waals surface area (Å²) < 4.78 is 0. The summed E-state index contributed by atoms with van der Waals surface area (Å²) in [4.78, 5) is 21.6. The Morgan fingerprint density at radius 2 is 2.12 bits per heavy atom. The maximum absolute atomic E-state index is 11.4. The van der Waals surface area contributed by atoms with Gasteiger partial charge in [-0.1, -0.05) is 13.3 Å². The van der Waals surface area contributed by atoms with Gasteiger partial charge in [0.15, 0.2) is 0 Å². The van der Waals surface area contributed by atoms with Gasteiger partial charge in [0.05, 0.1) is 6.42 Å². The monoisotopic (exact) mass is 239 g/mol. The van der Waals surface area contributed by atoms with Crippen LogP contribution in [-0.4, -0.2) is 30.1 Å². The molecule has 0 saturated carbocycles. The summed E-state index contributed by atoms with van der Waals surface area (Å²) >= 11 is 0. The molecular weight excluding hydrogens is 222 g/mol. The van der Waals surface area contributed by atoms with Crippen LogP contribution in [0.1, 0.15) is 26.2 Å². The van der Waals surface area contributed by atoms with E-state index < -0.39 is 11.9 Å². The fourth-order valence-electron chi connectivity index (χ4n) is 0.976. The molecule has 0 aromatic rings. The standard InChI is InChI=1S/C11H17N3O3/c1-2-3-5-14-11(17)9(7-12)8-13-6-4-10(15)16/h8,13H,2-6H2,1H3,(H,14,17)(H,15,16)/b9-8-. The first-order chi connectivity index (χ1) is 8.11. The first kappa shape index (κ1) is 15.0. The first-order valence-corrected chi connectivity index (χ1v) is 5.45. The number of hydrogen-bond acceptors (Lipinski definition) is 4. The van der Waals surface area contributed by atoms with E-state index in [0.29, 0.717) is 6.54 Å². The van der Waals surface area contributed by atoms with Gasteiger partial charge in [-0.05, 0) is 6.42 Å². The molecule has 0 bridgehead atoms. The van der Waals surface area contributed by atoms with Crippen molar-refractivity contribution in [2.45, 2.75) is 26.2 Å². The van der Waals surface area contributed by atoms with Crippen molar-refractivity contribution in [3.05, 3.63) is 11.8 Å². The molecule has 0 fully saturated rings. The number of amides is 1. The number of aliphatic carboxylic acids is 1. The van der Waals surface area contributed by atoms with Crippen molar-refractivity contribution in [2.24, 2.45) is 0 Å². The number of carbonyl (C=O) groups excluding carboxylic acids is 1. The molecular formula is C11H17N3O3. The van der Waals surface area contributed by atoms with Crippen molar-refractivity contribution in [3.8, 4) is 6.07 Å². The third-order valence-electron chi connectivity index (χ3n) is 1.91. The minimum absolute atomic E-state index is 0.0495. The molecule has 0 rings (SSSR count). The highest BCUT2D eigenvalue weighted by Crippen LogP contribution is 1.92. The average molecular weight is 239 g/mol. The molecule has 0 radical (unpaired) electrons. The lowest BCUT2D eigenvalue weighted by molar-refractivity contribution is -0.136. The number of nitrogens with zero attached hydrogens (tertiary/aromatic N) is 1. The molecule has 0 saturated heterocycles. The van der Waals surface area contributed by atoms with Crippen LogP contribution in [0.4, 0.5) is 0 Å². The smallest absolute Gasteiger partial charge is 0.305 e. The van der Waals surface area contributed by atoms with Crippen LogP contribution in [0.2, 0.25) is 0 Å². The SMILES string of the molecule is CCCCNC(=O)/C(C#N)=C\NCCC(=O)O. The number of carboxylic acids is 1. The predicted molar refractivity (Wildman–Crippen MR) is 61.9 cm³/mol. The van der Waals surface area contributed by atoms with Crippen molar-refractivity contribution in [1.82, 2.24) is 10.6 Å². The van der Waals surface area contributed by atoms with E-state index in [-0.39, 0.29) is 18.5 Å². The summed E-state index contributed by atoms with van der Waals surface area (Å²) in [5, 5.41) is 22.3. The summed E-state index contributed by atoms with van der Waals surface area (Å²) in [5.41, 5.74) is -0.0495. The van der Waals surface area contributed by atoms with Crippen LogP contribution in [0.15, 0.2) is 11.8 Å². The topological polar surface area (TPSA) is 102 Å². The lowest BCUT2D eigenvalue weighted by Gasteiger charge is -2.03. The Bertz CT molecular complexity index is 331. The quantitative estimate of drug-likeness (QED) is 0.323. The van der Waals surface area contributed by atoms with E-state index in [1.54, 1.807) is 6.07 Å². The molecule has 17 heavy (non-hydrogen) atoms. The van der Waals surface area contributed by atoms with E-state index in [1.807, 2.05) is 6.92 Å². The van der Waals surface area contributed by atoms with Crippen LogP contribution in [0.5, 0.6) is 0 Å². The Morgan fingerprint density at radius 1 is 1.41 bits per heavy atom. The van der Waals surface area contributed by atoms with Gasteiger partial charge < -0.3 is 15.7 Å². The number of unbranched alkanes of at least 4 members (excludes halogenated alkanes) is 1. The van der Waals surface area contributed by atoms with Crippen molar-refractivity contribution < 1.29 is 14.7 Å². The number of nitriles is 1. The second-order valence-corrected chi connectivity index (χ2v) is 3.38. The fraction of sp³-hybridized carbons (Fsp3) is 0.545. The minimum Gasteiger partial charge on any atom is -0.481 e. The highest BCUT2D eigenvalue weighted by Gasteiger charge is 2.07. The number of carbonyl (C=O) groups is 2. The third kappa shape index (κ3) is 7.85. The third-order valence-corrected chi connectivity index (χ3v) is 1.91. The Morgan fingerprint density at radius 3 is 2.65 bits per heavy atom. The molecule has 0 aliphatic rings. The molecule has 0 aliphatic carbocycles. The van der Waals surface area contributed by atoms with Gasteiger partial charge in [-0.2, -0.15) is 5.26 Å². The highest BCUT2D eigenvalue weighted by atomic mass is 16.4. The Hall–Kier alpha value is -2.03. The summed E-state index contributed by atoms with van der Waals surface area (Å²) in [5.74, 6) is -1.37. The molecule has 0 aliphatic heterocycles. The molecule has 0 aromatic carbocycles. The summed E-state index contributed by atoms with van der Waals surface area (Å²) in [6, 6.07) is 1.76. The molecule has 0 heterocycles. The van der Waals surface area contributed by atoms with Crippen molar-refractivity contribution >= 4 is 11.9 Å². The predicted octanol–water partition coefficient (Wildman–Crippen LogP) is 0.374. The van der Waals surface area contributed by atoms with E-state index in [4.69, 9.17) is 10.4 Å². The van der Waals surface area contributed by atoms with Gasteiger partial charge in [-0.15, -0.1) is 0 Å². The van der Waals surface area contributed by atoms with Gasteiger partial charge in [0.2, 0.25) is 0 Å². The number of nitrogens with one attached hydrogen (secondary N) is 2. The van der Waals surface area contributed by atoms with Crippen LogP contribution >= 0.6 is 0 Å². The maximum atomic E-state index is 11.4. The van der Waals surface area contributed by atoms with Gasteiger partial charge in [0.1, 0.15) is 11.6 Å². The number of rotatable bonds is 8. The lowest BCUT2D eigenvalue weighted by atomic mass is 10.2. The van der Waals surface area contributed by atoms with Crippen molar-refractivity contribution in [2.75, 3.05) is 13.1 Å². The van der Waals surface area contributed by atoms with E-state index in [1.165, 1.54) is 6.20 Å². The van der Waals surface area contributed by atoms with E-state index in [2.05, 4.69) is 10.6 Å². The lowest BCUT2D eigenvalue weighted by Crippen LogP contribution is -2.26. The molecule has 94 valence electrons. The molecule has 0 aromatic heterocycles. The molecule has 0 unspecified atom stereocenters. The fourth-order valence-corrected chi connectivity index (χ4v) is 0.976. The molecule has 3 N–H and O–H groups in total. The van der Waals surface area contributed by atoms with Gasteiger partial charge in [-0.25, -0.2) is 0 Å². The summed E-state index contributed by atoms with van der Waals surface area (Å²) in [6.45, 7) is 2.72. The first-order valence-electron chi connectivity index (χ1n) is 5.45. The summed E-state index contributed by atoms with van der Waals surface area (Å²) in [6.07, 6.45) is 3.00. The largest absolute Gasteiger partial charge is 0.481 e. The second kappa shape index (κ2) is 9.21. The zero-order chi connectivity index (χ0) is 13.1. The normalized spacial score (nSPS) is 10.5. The molecule has 6 nitrogen and oxygen atoms in total. The van der Waals surface area contributed by atoms with Crippen molar-refractivity contribution in [1.29, 1.82) is 5.26 Å². The van der Waals surface area contributed by atoms with Crippen LogP contribution in [-0.2, 0) is 9.59 Å². The average Bonchev–Trinajstić information content (AvgIpc) is 2.29.